The molecule has 0 bridgehead atoms. The van der Waals surface area contributed by atoms with Gasteiger partial charge in [-0.3, -0.25) is 4.79 Å². The van der Waals surface area contributed by atoms with Crippen LogP contribution in [0.15, 0.2) is 18.3 Å². The predicted molar refractivity (Wildman–Crippen MR) is 54.3 cm³/mol. The summed E-state index contributed by atoms with van der Waals surface area (Å²) < 4.78 is 4.85. The Morgan fingerprint density at radius 1 is 1.64 bits per heavy atom. The smallest absolute Gasteiger partial charge is 0.253 e. The van der Waals surface area contributed by atoms with Crippen molar-refractivity contribution < 1.29 is 9.53 Å². The number of rotatable bonds is 3. The molecule has 0 aromatic carbocycles. The van der Waals surface area contributed by atoms with E-state index in [1.54, 1.807) is 19.1 Å². The lowest BCUT2D eigenvalue weighted by molar-refractivity contribution is -0.124. The van der Waals surface area contributed by atoms with Crippen LogP contribution < -0.4 is 5.32 Å². The number of nitrogens with zero attached hydrogens (tertiary/aromatic N) is 1. The molecule has 4 nitrogen and oxygen atoms in total. The van der Waals surface area contributed by atoms with Crippen LogP contribution in [0, 0.1) is 0 Å². The number of halogens is 1. The average Bonchev–Trinajstić information content (AvgIpc) is 2.20. The molecule has 0 radical (unpaired) electrons. The van der Waals surface area contributed by atoms with E-state index in [0.717, 1.165) is 0 Å². The third-order valence-corrected chi connectivity index (χ3v) is 1.94. The summed E-state index contributed by atoms with van der Waals surface area (Å²) in [7, 11) is 1.48. The summed E-state index contributed by atoms with van der Waals surface area (Å²) in [4.78, 5) is 15.2. The molecule has 0 spiro atoms. The van der Waals surface area contributed by atoms with Gasteiger partial charge in [0, 0.05) is 7.11 Å². The van der Waals surface area contributed by atoms with Gasteiger partial charge in [0.25, 0.3) is 5.91 Å². The minimum atomic E-state index is -0.481. The molecule has 0 aliphatic heterocycles. The van der Waals surface area contributed by atoms with Crippen LogP contribution in [-0.4, -0.2) is 24.1 Å². The second-order valence-electron chi connectivity index (χ2n) is 2.74. The first-order valence-corrected chi connectivity index (χ1v) is 4.46. The van der Waals surface area contributed by atoms with Crippen molar-refractivity contribution in [1.29, 1.82) is 0 Å². The maximum absolute atomic E-state index is 11.3. The van der Waals surface area contributed by atoms with Crippen molar-refractivity contribution >= 4 is 23.2 Å². The fraction of sp³-hybridized carbons (Fsp3) is 0.333. The highest BCUT2D eigenvalue weighted by atomic mass is 35.5. The number of aromatic nitrogens is 1. The number of pyridine rings is 1. The van der Waals surface area contributed by atoms with E-state index in [0.29, 0.717) is 10.8 Å². The first kappa shape index (κ1) is 10.9. The summed E-state index contributed by atoms with van der Waals surface area (Å²) in [6.45, 7) is 1.67. The van der Waals surface area contributed by atoms with E-state index in [-0.39, 0.29) is 5.91 Å². The van der Waals surface area contributed by atoms with Crippen molar-refractivity contribution in [3.05, 3.63) is 23.5 Å². The average molecular weight is 215 g/mol. The number of amides is 1. The fourth-order valence-electron chi connectivity index (χ4n) is 0.801. The molecule has 1 rings (SSSR count). The molecular formula is C9H11ClN2O2. The quantitative estimate of drug-likeness (QED) is 0.780. The minimum Gasteiger partial charge on any atom is -0.372 e. The largest absolute Gasteiger partial charge is 0.372 e. The number of ether oxygens (including phenoxy) is 1. The molecule has 0 saturated carbocycles. The standard InChI is InChI=1S/C9H11ClN2O2/c1-6(14-2)9(13)12-7-3-4-8(10)11-5-7/h3-6H,1-2H3,(H,12,13). The summed E-state index contributed by atoms with van der Waals surface area (Å²) in [5, 5.41) is 3.03. The van der Waals surface area contributed by atoms with Gasteiger partial charge in [0.05, 0.1) is 11.9 Å². The third kappa shape index (κ3) is 2.97. The maximum atomic E-state index is 11.3. The molecule has 1 N–H and O–H groups in total. The lowest BCUT2D eigenvalue weighted by atomic mass is 10.3. The van der Waals surface area contributed by atoms with Gasteiger partial charge in [0.15, 0.2) is 0 Å². The Labute approximate surface area is 87.2 Å². The van der Waals surface area contributed by atoms with E-state index in [1.807, 2.05) is 0 Å². The van der Waals surface area contributed by atoms with Crippen LogP contribution >= 0.6 is 11.6 Å². The van der Waals surface area contributed by atoms with Gasteiger partial charge in [-0.05, 0) is 19.1 Å². The molecule has 1 aromatic heterocycles. The number of carbonyl (C=O) groups is 1. The van der Waals surface area contributed by atoms with Gasteiger partial charge in [-0.2, -0.15) is 0 Å². The van der Waals surface area contributed by atoms with Crippen LogP contribution in [0.25, 0.3) is 0 Å². The summed E-state index contributed by atoms with van der Waals surface area (Å²) in [5.74, 6) is -0.211. The molecule has 1 unspecified atom stereocenters. The molecule has 14 heavy (non-hydrogen) atoms. The second kappa shape index (κ2) is 4.93. The number of carbonyl (C=O) groups excluding carboxylic acids is 1. The summed E-state index contributed by atoms with van der Waals surface area (Å²) in [5.41, 5.74) is 0.600. The van der Waals surface area contributed by atoms with Crippen molar-refractivity contribution in [3.63, 3.8) is 0 Å². The van der Waals surface area contributed by atoms with Crippen LogP contribution in [0.3, 0.4) is 0 Å². The SMILES string of the molecule is COC(C)C(=O)Nc1ccc(Cl)nc1. The molecule has 5 heteroatoms. The summed E-state index contributed by atoms with van der Waals surface area (Å²) in [6, 6.07) is 3.28. The lowest BCUT2D eigenvalue weighted by Crippen LogP contribution is -2.26. The molecule has 1 atom stereocenters. The van der Waals surface area contributed by atoms with Crippen molar-refractivity contribution in [3.8, 4) is 0 Å². The van der Waals surface area contributed by atoms with Gasteiger partial charge in [0.2, 0.25) is 0 Å². The van der Waals surface area contributed by atoms with Gasteiger partial charge >= 0.3 is 0 Å². The van der Waals surface area contributed by atoms with Crippen molar-refractivity contribution in [2.45, 2.75) is 13.0 Å². The number of hydrogen-bond acceptors (Lipinski definition) is 3. The van der Waals surface area contributed by atoms with Gasteiger partial charge in [-0.25, -0.2) is 4.98 Å². The molecule has 1 heterocycles. The van der Waals surface area contributed by atoms with Crippen LogP contribution in [0.5, 0.6) is 0 Å². The number of hydrogen-bond donors (Lipinski definition) is 1. The van der Waals surface area contributed by atoms with E-state index >= 15 is 0 Å². The predicted octanol–water partition coefficient (Wildman–Crippen LogP) is 1.71. The van der Waals surface area contributed by atoms with Crippen LogP contribution in [-0.2, 0) is 9.53 Å². The van der Waals surface area contributed by atoms with E-state index in [2.05, 4.69) is 10.3 Å². The first-order chi connectivity index (χ1) is 6.63. The molecule has 76 valence electrons. The van der Waals surface area contributed by atoms with E-state index in [1.165, 1.54) is 13.3 Å². The Morgan fingerprint density at radius 3 is 2.86 bits per heavy atom. The molecular weight excluding hydrogens is 204 g/mol. The minimum absolute atomic E-state index is 0.211. The Morgan fingerprint density at radius 2 is 2.36 bits per heavy atom. The van der Waals surface area contributed by atoms with E-state index in [4.69, 9.17) is 16.3 Å². The Bertz CT molecular complexity index is 313. The Hall–Kier alpha value is -1.13. The zero-order valence-electron chi connectivity index (χ0n) is 7.95. The van der Waals surface area contributed by atoms with Crippen molar-refractivity contribution in [1.82, 2.24) is 4.98 Å². The molecule has 1 amide bonds. The highest BCUT2D eigenvalue weighted by Gasteiger charge is 2.11. The van der Waals surface area contributed by atoms with Crippen LogP contribution in [0.4, 0.5) is 5.69 Å². The molecule has 0 aliphatic rings. The molecule has 0 aliphatic carbocycles. The summed E-state index contributed by atoms with van der Waals surface area (Å²) in [6.07, 6.45) is 1.01. The summed E-state index contributed by atoms with van der Waals surface area (Å²) >= 11 is 5.59. The van der Waals surface area contributed by atoms with Crippen molar-refractivity contribution in [2.75, 3.05) is 12.4 Å². The van der Waals surface area contributed by atoms with Crippen LogP contribution in [0.1, 0.15) is 6.92 Å². The Kier molecular flexibility index (Phi) is 3.85. The van der Waals surface area contributed by atoms with Gasteiger partial charge < -0.3 is 10.1 Å². The van der Waals surface area contributed by atoms with Gasteiger partial charge in [-0.1, -0.05) is 11.6 Å². The first-order valence-electron chi connectivity index (χ1n) is 4.08. The highest BCUT2D eigenvalue weighted by molar-refractivity contribution is 6.29. The van der Waals surface area contributed by atoms with Gasteiger partial charge in [-0.15, -0.1) is 0 Å². The van der Waals surface area contributed by atoms with E-state index in [9.17, 15) is 4.79 Å². The number of methoxy groups -OCH3 is 1. The molecule has 0 fully saturated rings. The topological polar surface area (TPSA) is 51.2 Å². The highest BCUT2D eigenvalue weighted by Crippen LogP contribution is 2.10. The monoisotopic (exact) mass is 214 g/mol. The number of anilines is 1. The molecule has 0 saturated heterocycles. The van der Waals surface area contributed by atoms with Gasteiger partial charge in [0.1, 0.15) is 11.3 Å². The van der Waals surface area contributed by atoms with Crippen LogP contribution in [0.2, 0.25) is 5.15 Å². The third-order valence-electron chi connectivity index (χ3n) is 1.72. The lowest BCUT2D eigenvalue weighted by Gasteiger charge is -2.09. The zero-order valence-corrected chi connectivity index (χ0v) is 8.71. The Balaban J connectivity index is 2.60. The number of nitrogens with one attached hydrogen (secondary N) is 1. The molecule has 1 aromatic rings. The van der Waals surface area contributed by atoms with E-state index < -0.39 is 6.10 Å². The second-order valence-corrected chi connectivity index (χ2v) is 3.12. The zero-order chi connectivity index (χ0) is 10.6. The van der Waals surface area contributed by atoms with Crippen molar-refractivity contribution in [2.24, 2.45) is 0 Å². The normalized spacial score (nSPS) is 12.2. The maximum Gasteiger partial charge on any atom is 0.253 e. The fourth-order valence-corrected chi connectivity index (χ4v) is 0.912.